The minimum atomic E-state index is -4.07. The number of rotatable bonds is 6. The summed E-state index contributed by atoms with van der Waals surface area (Å²) in [5.74, 6) is -1.62. The van der Waals surface area contributed by atoms with Crippen LogP contribution in [-0.4, -0.2) is 62.7 Å². The van der Waals surface area contributed by atoms with E-state index in [9.17, 15) is 23.1 Å². The van der Waals surface area contributed by atoms with Crippen LogP contribution in [0.2, 0.25) is 10.0 Å². The Morgan fingerprint density at radius 3 is 2.46 bits per heavy atom. The number of imidazole rings is 1. The summed E-state index contributed by atoms with van der Waals surface area (Å²) in [5, 5.41) is 9.33. The van der Waals surface area contributed by atoms with Crippen molar-refractivity contribution in [3.05, 3.63) is 82.9 Å². The number of pyridine rings is 1. The van der Waals surface area contributed by atoms with Gasteiger partial charge in [-0.1, -0.05) is 35.3 Å². The molecule has 1 saturated heterocycles. The average Bonchev–Trinajstić information content (AvgIpc) is 3.40. The molecule has 2 fully saturated rings. The number of carboxylic acids is 1. The molecule has 1 aliphatic heterocycles. The molecule has 12 heteroatoms. The number of likely N-dealkylation sites (tertiary alicyclic amines) is 1. The van der Waals surface area contributed by atoms with E-state index in [-0.39, 0.29) is 28.8 Å². The number of carbonyl (C=O) groups excluding carboxylic acids is 1. The SMILES string of the molecule is O=C(O)[C@@H]1C[C@@H](S(=O)(=O)c2ccc(-n3cnc4cnccc43)cc2Cl)CN1C(=O)C1(c2ccc(Cl)cc2)CC1. The Balaban J connectivity index is 1.29. The molecule has 0 radical (unpaired) electrons. The lowest BCUT2D eigenvalue weighted by Crippen LogP contribution is -2.46. The molecule has 200 valence electrons. The first-order chi connectivity index (χ1) is 18.6. The van der Waals surface area contributed by atoms with Gasteiger partial charge in [0.25, 0.3) is 0 Å². The standard InChI is InChI=1S/C27H22Cl2N4O5S/c28-17-3-1-16(2-4-17)27(8-9-27)26(36)32-14-19(12-23(32)25(34)35)39(37,38)24-6-5-18(11-20(24)29)33-15-31-21-13-30-10-7-22(21)33/h1-7,10-11,13,15,19,23H,8-9,12,14H2,(H,34,35)/t19-,23+/m1/s1. The maximum atomic E-state index is 13.7. The Morgan fingerprint density at radius 2 is 1.79 bits per heavy atom. The third kappa shape index (κ3) is 4.27. The number of fused-ring (bicyclic) bond motifs is 1. The van der Waals surface area contributed by atoms with Crippen LogP contribution in [0.25, 0.3) is 16.7 Å². The molecule has 0 unspecified atom stereocenters. The largest absolute Gasteiger partial charge is 0.480 e. The van der Waals surface area contributed by atoms with Gasteiger partial charge in [0.1, 0.15) is 17.9 Å². The summed E-state index contributed by atoms with van der Waals surface area (Å²) in [7, 11) is -4.07. The molecule has 9 nitrogen and oxygen atoms in total. The lowest BCUT2D eigenvalue weighted by Gasteiger charge is -2.27. The molecule has 0 spiro atoms. The second-order valence-electron chi connectivity index (χ2n) is 9.90. The summed E-state index contributed by atoms with van der Waals surface area (Å²) in [4.78, 5) is 35.3. The summed E-state index contributed by atoms with van der Waals surface area (Å²) >= 11 is 12.5. The highest BCUT2D eigenvalue weighted by Gasteiger charge is 2.57. The van der Waals surface area contributed by atoms with Crippen molar-refractivity contribution >= 4 is 55.9 Å². The zero-order valence-electron chi connectivity index (χ0n) is 20.4. The van der Waals surface area contributed by atoms with Gasteiger partial charge in [-0.05, 0) is 61.2 Å². The van der Waals surface area contributed by atoms with E-state index < -0.39 is 32.5 Å². The van der Waals surface area contributed by atoms with Crippen LogP contribution in [0.1, 0.15) is 24.8 Å². The maximum absolute atomic E-state index is 13.7. The molecule has 2 atom stereocenters. The van der Waals surface area contributed by atoms with Gasteiger partial charge in [0.15, 0.2) is 9.84 Å². The molecule has 1 aliphatic carbocycles. The zero-order valence-corrected chi connectivity index (χ0v) is 22.7. The van der Waals surface area contributed by atoms with Crippen molar-refractivity contribution in [3.8, 4) is 5.69 Å². The van der Waals surface area contributed by atoms with Crippen molar-refractivity contribution < 1.29 is 23.1 Å². The number of amides is 1. The van der Waals surface area contributed by atoms with E-state index in [0.29, 0.717) is 29.1 Å². The minimum Gasteiger partial charge on any atom is -0.480 e. The van der Waals surface area contributed by atoms with E-state index in [1.165, 1.54) is 17.0 Å². The molecular formula is C27H22Cl2N4O5S. The smallest absolute Gasteiger partial charge is 0.326 e. The number of benzene rings is 2. The number of hydrogen-bond donors (Lipinski definition) is 1. The minimum absolute atomic E-state index is 0.000106. The highest BCUT2D eigenvalue weighted by atomic mass is 35.5. The van der Waals surface area contributed by atoms with Crippen LogP contribution in [0.3, 0.4) is 0 Å². The Kier molecular flexibility index (Phi) is 6.16. The van der Waals surface area contributed by atoms with Crippen LogP contribution in [0, 0.1) is 0 Å². The zero-order chi connectivity index (χ0) is 27.5. The molecule has 0 bridgehead atoms. The number of sulfone groups is 1. The fourth-order valence-electron chi connectivity index (χ4n) is 5.40. The highest BCUT2D eigenvalue weighted by molar-refractivity contribution is 7.92. The van der Waals surface area contributed by atoms with Crippen molar-refractivity contribution in [2.24, 2.45) is 0 Å². The second kappa shape index (κ2) is 9.32. The summed E-state index contributed by atoms with van der Waals surface area (Å²) in [5.41, 5.74) is 1.94. The van der Waals surface area contributed by atoms with Crippen molar-refractivity contribution in [2.45, 2.75) is 40.9 Å². The molecule has 6 rings (SSSR count). The molecule has 2 aromatic heterocycles. The molecule has 1 saturated carbocycles. The molecule has 4 aromatic rings. The summed E-state index contributed by atoms with van der Waals surface area (Å²) in [6.45, 7) is -0.231. The van der Waals surface area contributed by atoms with Crippen LogP contribution in [-0.2, 0) is 24.8 Å². The van der Waals surface area contributed by atoms with Crippen molar-refractivity contribution in [3.63, 3.8) is 0 Å². The van der Waals surface area contributed by atoms with Gasteiger partial charge >= 0.3 is 5.97 Å². The van der Waals surface area contributed by atoms with E-state index in [4.69, 9.17) is 23.2 Å². The Labute approximate surface area is 233 Å². The fourth-order valence-corrected chi connectivity index (χ4v) is 7.76. The van der Waals surface area contributed by atoms with Crippen LogP contribution in [0.5, 0.6) is 0 Å². The Morgan fingerprint density at radius 1 is 1.05 bits per heavy atom. The van der Waals surface area contributed by atoms with E-state index in [2.05, 4.69) is 9.97 Å². The molecule has 2 aliphatic rings. The quantitative estimate of drug-likeness (QED) is 0.358. The van der Waals surface area contributed by atoms with Gasteiger partial charge in [0.05, 0.1) is 32.3 Å². The van der Waals surface area contributed by atoms with E-state index >= 15 is 0 Å². The van der Waals surface area contributed by atoms with Crippen molar-refractivity contribution in [1.29, 1.82) is 0 Å². The number of hydrogen-bond acceptors (Lipinski definition) is 6. The lowest BCUT2D eigenvalue weighted by atomic mass is 9.94. The predicted octanol–water partition coefficient (Wildman–Crippen LogP) is 4.29. The number of carbonyl (C=O) groups is 2. The van der Waals surface area contributed by atoms with Crippen LogP contribution < -0.4 is 0 Å². The third-order valence-corrected chi connectivity index (χ3v) is 10.5. The van der Waals surface area contributed by atoms with Gasteiger partial charge in [0.2, 0.25) is 5.91 Å². The number of aromatic nitrogens is 3. The monoisotopic (exact) mass is 584 g/mol. The van der Waals surface area contributed by atoms with Gasteiger partial charge in [-0.3, -0.25) is 14.3 Å². The van der Waals surface area contributed by atoms with E-state index in [1.54, 1.807) is 59.7 Å². The van der Waals surface area contributed by atoms with Gasteiger partial charge in [0, 0.05) is 23.5 Å². The third-order valence-electron chi connectivity index (χ3n) is 7.65. The van der Waals surface area contributed by atoms with Gasteiger partial charge in [-0.15, -0.1) is 0 Å². The Bertz CT molecular complexity index is 1730. The Hall–Kier alpha value is -3.47. The number of nitrogens with zero attached hydrogens (tertiary/aromatic N) is 4. The van der Waals surface area contributed by atoms with E-state index in [0.717, 1.165) is 11.1 Å². The summed E-state index contributed by atoms with van der Waals surface area (Å²) < 4.78 is 29.2. The predicted molar refractivity (Wildman–Crippen MR) is 145 cm³/mol. The molecule has 39 heavy (non-hydrogen) atoms. The van der Waals surface area contributed by atoms with Gasteiger partial charge < -0.3 is 10.0 Å². The first-order valence-corrected chi connectivity index (χ1v) is 14.5. The summed E-state index contributed by atoms with van der Waals surface area (Å²) in [6.07, 6.45) is 5.73. The molecule has 1 N–H and O–H groups in total. The maximum Gasteiger partial charge on any atom is 0.326 e. The number of aliphatic carboxylic acids is 1. The van der Waals surface area contributed by atoms with Gasteiger partial charge in [-0.2, -0.15) is 0 Å². The lowest BCUT2D eigenvalue weighted by molar-refractivity contribution is -0.149. The van der Waals surface area contributed by atoms with E-state index in [1.807, 2.05) is 0 Å². The fraction of sp³-hybridized carbons (Fsp3) is 0.259. The number of halogens is 2. The molecular weight excluding hydrogens is 563 g/mol. The molecule has 1 amide bonds. The highest BCUT2D eigenvalue weighted by Crippen LogP contribution is 2.51. The van der Waals surface area contributed by atoms with Crippen LogP contribution in [0.15, 0.2) is 72.1 Å². The van der Waals surface area contributed by atoms with Crippen molar-refractivity contribution in [2.75, 3.05) is 6.54 Å². The molecule has 2 aromatic carbocycles. The van der Waals surface area contributed by atoms with Gasteiger partial charge in [-0.25, -0.2) is 18.2 Å². The van der Waals surface area contributed by atoms with Crippen molar-refractivity contribution in [1.82, 2.24) is 19.4 Å². The first-order valence-electron chi connectivity index (χ1n) is 12.2. The second-order valence-corrected chi connectivity index (χ2v) is 12.9. The van der Waals surface area contributed by atoms with Crippen LogP contribution >= 0.6 is 23.2 Å². The summed E-state index contributed by atoms with van der Waals surface area (Å²) in [6, 6.07) is 12.0. The first kappa shape index (κ1) is 25.8. The normalized spacial score (nSPS) is 20.3. The topological polar surface area (TPSA) is 122 Å². The number of carboxylic acid groups (broad SMARTS) is 1. The average molecular weight is 585 g/mol. The molecule has 3 heterocycles. The van der Waals surface area contributed by atoms with Crippen LogP contribution in [0.4, 0.5) is 0 Å².